The predicted molar refractivity (Wildman–Crippen MR) is 101 cm³/mol. The number of hydrogen-bond acceptors (Lipinski definition) is 4. The third-order valence-corrected chi connectivity index (χ3v) is 4.92. The lowest BCUT2D eigenvalue weighted by Crippen LogP contribution is -2.14. The molecule has 0 atom stereocenters. The third-order valence-electron chi connectivity index (χ3n) is 4.92. The van der Waals surface area contributed by atoms with Gasteiger partial charge in [0.2, 0.25) is 11.8 Å². The Bertz CT molecular complexity index is 1020. The molecule has 0 radical (unpaired) electrons. The van der Waals surface area contributed by atoms with E-state index in [4.69, 9.17) is 4.74 Å². The van der Waals surface area contributed by atoms with E-state index in [0.29, 0.717) is 17.9 Å². The Hall–Kier alpha value is -3.09. The highest BCUT2D eigenvalue weighted by atomic mass is 19.1. The summed E-state index contributed by atoms with van der Waals surface area (Å²) in [7, 11) is 0. The SMILES string of the molecule is O=C(Nc1cc(F)c2c(OCC3CCCC3)nccc2c1)c1cccc(F)n1. The molecule has 3 aromatic rings. The van der Waals surface area contributed by atoms with Gasteiger partial charge < -0.3 is 10.1 Å². The van der Waals surface area contributed by atoms with E-state index in [1.165, 1.54) is 31.0 Å². The van der Waals surface area contributed by atoms with Crippen molar-refractivity contribution in [3.63, 3.8) is 0 Å². The fraction of sp³-hybridized carbons (Fsp3) is 0.286. The van der Waals surface area contributed by atoms with E-state index in [0.717, 1.165) is 18.9 Å². The van der Waals surface area contributed by atoms with E-state index in [1.807, 2.05) is 0 Å². The van der Waals surface area contributed by atoms with Crippen molar-refractivity contribution in [1.29, 1.82) is 0 Å². The summed E-state index contributed by atoms with van der Waals surface area (Å²) < 4.78 is 33.8. The van der Waals surface area contributed by atoms with Crippen molar-refractivity contribution in [2.24, 2.45) is 5.92 Å². The third kappa shape index (κ3) is 3.93. The van der Waals surface area contributed by atoms with Gasteiger partial charge in [-0.15, -0.1) is 0 Å². The van der Waals surface area contributed by atoms with Gasteiger partial charge in [0.1, 0.15) is 11.5 Å². The summed E-state index contributed by atoms with van der Waals surface area (Å²) in [4.78, 5) is 19.9. The van der Waals surface area contributed by atoms with E-state index in [2.05, 4.69) is 15.3 Å². The summed E-state index contributed by atoms with van der Waals surface area (Å²) in [6.07, 6.45) is 6.20. The van der Waals surface area contributed by atoms with Crippen molar-refractivity contribution in [3.8, 4) is 5.88 Å². The highest BCUT2D eigenvalue weighted by Gasteiger charge is 2.18. The minimum absolute atomic E-state index is 0.0872. The second-order valence-electron chi connectivity index (χ2n) is 6.93. The van der Waals surface area contributed by atoms with Crippen LogP contribution in [0, 0.1) is 17.7 Å². The van der Waals surface area contributed by atoms with Crippen LogP contribution in [-0.4, -0.2) is 22.5 Å². The minimum Gasteiger partial charge on any atom is -0.477 e. The van der Waals surface area contributed by atoms with Gasteiger partial charge in [0.05, 0.1) is 12.0 Å². The molecular weight excluding hydrogens is 364 g/mol. The molecule has 0 aliphatic heterocycles. The first kappa shape index (κ1) is 18.3. The van der Waals surface area contributed by atoms with Gasteiger partial charge in [0.15, 0.2) is 0 Å². The second kappa shape index (κ2) is 7.88. The molecule has 2 aromatic heterocycles. The maximum atomic E-state index is 14.8. The molecule has 1 saturated carbocycles. The van der Waals surface area contributed by atoms with E-state index in [9.17, 15) is 13.6 Å². The molecule has 5 nitrogen and oxygen atoms in total. The highest BCUT2D eigenvalue weighted by Crippen LogP contribution is 2.31. The zero-order valence-electron chi connectivity index (χ0n) is 15.1. The lowest BCUT2D eigenvalue weighted by atomic mass is 10.1. The molecule has 0 unspecified atom stereocenters. The van der Waals surface area contributed by atoms with Crippen molar-refractivity contribution in [2.45, 2.75) is 25.7 Å². The highest BCUT2D eigenvalue weighted by molar-refractivity contribution is 6.04. The average Bonchev–Trinajstić information content (AvgIpc) is 3.19. The number of pyridine rings is 2. The first-order valence-corrected chi connectivity index (χ1v) is 9.25. The van der Waals surface area contributed by atoms with Gasteiger partial charge >= 0.3 is 0 Å². The molecule has 144 valence electrons. The lowest BCUT2D eigenvalue weighted by Gasteiger charge is -2.13. The average molecular weight is 383 g/mol. The number of fused-ring (bicyclic) bond motifs is 1. The van der Waals surface area contributed by atoms with E-state index in [-0.39, 0.29) is 22.6 Å². The molecule has 2 heterocycles. The summed E-state index contributed by atoms with van der Waals surface area (Å²) in [5.74, 6) is -1.18. The van der Waals surface area contributed by atoms with Crippen LogP contribution >= 0.6 is 0 Å². The first-order chi connectivity index (χ1) is 13.6. The Kier molecular flexibility index (Phi) is 5.14. The Balaban J connectivity index is 1.57. The number of rotatable bonds is 5. The molecule has 1 fully saturated rings. The predicted octanol–water partition coefficient (Wildman–Crippen LogP) is 4.73. The number of ether oxygens (including phenoxy) is 1. The maximum absolute atomic E-state index is 14.8. The van der Waals surface area contributed by atoms with Crippen LogP contribution in [0.25, 0.3) is 10.8 Å². The van der Waals surface area contributed by atoms with Crippen molar-refractivity contribution >= 4 is 22.4 Å². The quantitative estimate of drug-likeness (QED) is 0.647. The second-order valence-corrected chi connectivity index (χ2v) is 6.93. The fourth-order valence-electron chi connectivity index (χ4n) is 3.52. The van der Waals surface area contributed by atoms with Gasteiger partial charge in [0, 0.05) is 11.9 Å². The van der Waals surface area contributed by atoms with Crippen molar-refractivity contribution in [2.75, 3.05) is 11.9 Å². The molecule has 1 aliphatic carbocycles. The molecule has 7 heteroatoms. The smallest absolute Gasteiger partial charge is 0.274 e. The molecule has 1 amide bonds. The molecule has 0 saturated heterocycles. The number of anilines is 1. The van der Waals surface area contributed by atoms with Crippen LogP contribution in [0.1, 0.15) is 36.2 Å². The normalized spacial score (nSPS) is 14.4. The number of hydrogen-bond donors (Lipinski definition) is 1. The van der Waals surface area contributed by atoms with Crippen LogP contribution in [0.5, 0.6) is 5.88 Å². The fourth-order valence-corrected chi connectivity index (χ4v) is 3.52. The minimum atomic E-state index is -0.757. The van der Waals surface area contributed by atoms with Gasteiger partial charge in [-0.25, -0.2) is 14.4 Å². The number of carbonyl (C=O) groups excluding carboxylic acids is 1. The Morgan fingerprint density at radius 2 is 2.00 bits per heavy atom. The van der Waals surface area contributed by atoms with Gasteiger partial charge in [-0.2, -0.15) is 4.39 Å². The number of nitrogens with zero attached hydrogens (tertiary/aromatic N) is 2. The van der Waals surface area contributed by atoms with E-state index >= 15 is 0 Å². The number of benzene rings is 1. The first-order valence-electron chi connectivity index (χ1n) is 9.25. The molecule has 28 heavy (non-hydrogen) atoms. The Morgan fingerprint density at radius 3 is 2.79 bits per heavy atom. The largest absolute Gasteiger partial charge is 0.477 e. The summed E-state index contributed by atoms with van der Waals surface area (Å²) in [5.41, 5.74) is 0.157. The summed E-state index contributed by atoms with van der Waals surface area (Å²) >= 11 is 0. The molecular formula is C21H19F2N3O2. The van der Waals surface area contributed by atoms with Crippen LogP contribution in [0.2, 0.25) is 0 Å². The van der Waals surface area contributed by atoms with Gasteiger partial charge in [-0.3, -0.25) is 4.79 Å². The van der Waals surface area contributed by atoms with Crippen LogP contribution in [0.3, 0.4) is 0 Å². The van der Waals surface area contributed by atoms with Gasteiger partial charge in [0.25, 0.3) is 5.91 Å². The van der Waals surface area contributed by atoms with Crippen LogP contribution < -0.4 is 10.1 Å². The lowest BCUT2D eigenvalue weighted by molar-refractivity contribution is 0.102. The number of nitrogens with one attached hydrogen (secondary N) is 1. The van der Waals surface area contributed by atoms with Crippen molar-refractivity contribution in [1.82, 2.24) is 9.97 Å². The molecule has 0 bridgehead atoms. The molecule has 1 aromatic carbocycles. The molecule has 0 spiro atoms. The molecule has 1 N–H and O–H groups in total. The van der Waals surface area contributed by atoms with Gasteiger partial charge in [-0.1, -0.05) is 18.9 Å². The standard InChI is InChI=1S/C21H19F2N3O2/c22-16-11-15(25-20(27)17-6-3-7-18(23)26-17)10-14-8-9-24-21(19(14)16)28-12-13-4-1-2-5-13/h3,6-11,13H,1-2,4-5,12H2,(H,25,27). The topological polar surface area (TPSA) is 64.1 Å². The number of amides is 1. The number of carbonyl (C=O) groups is 1. The zero-order valence-corrected chi connectivity index (χ0v) is 15.1. The Morgan fingerprint density at radius 1 is 1.18 bits per heavy atom. The van der Waals surface area contributed by atoms with Gasteiger partial charge in [-0.05, 0) is 54.5 Å². The molecule has 1 aliphatic rings. The molecule has 4 rings (SSSR count). The Labute approximate surface area is 160 Å². The van der Waals surface area contributed by atoms with E-state index < -0.39 is 17.7 Å². The van der Waals surface area contributed by atoms with Crippen LogP contribution in [-0.2, 0) is 0 Å². The number of aromatic nitrogens is 2. The van der Waals surface area contributed by atoms with Crippen molar-refractivity contribution < 1.29 is 18.3 Å². The summed E-state index contributed by atoms with van der Waals surface area (Å²) in [6, 6.07) is 8.39. The van der Waals surface area contributed by atoms with Crippen LogP contribution in [0.4, 0.5) is 14.5 Å². The zero-order chi connectivity index (χ0) is 19.5. The van der Waals surface area contributed by atoms with E-state index in [1.54, 1.807) is 18.3 Å². The maximum Gasteiger partial charge on any atom is 0.274 e. The number of halogens is 2. The van der Waals surface area contributed by atoms with Crippen LogP contribution in [0.15, 0.2) is 42.6 Å². The summed E-state index contributed by atoms with van der Waals surface area (Å²) in [5, 5.41) is 3.38. The summed E-state index contributed by atoms with van der Waals surface area (Å²) in [6.45, 7) is 0.523. The monoisotopic (exact) mass is 383 g/mol. The van der Waals surface area contributed by atoms with Crippen molar-refractivity contribution in [3.05, 3.63) is 60.1 Å².